The molecule has 6 heteroatoms. The third kappa shape index (κ3) is 3.82. The number of rotatable bonds is 3. The van der Waals surface area contributed by atoms with Gasteiger partial charge in [-0.3, -0.25) is 0 Å². The van der Waals surface area contributed by atoms with Crippen LogP contribution in [-0.2, 0) is 12.8 Å². The molecule has 2 rings (SSSR count). The van der Waals surface area contributed by atoms with Crippen LogP contribution in [0.2, 0.25) is 0 Å². The fourth-order valence-electron chi connectivity index (χ4n) is 1.42. The number of aromatic nitrogens is 1. The Morgan fingerprint density at radius 1 is 1.11 bits per heavy atom. The Balaban J connectivity index is 2.03. The number of ether oxygens (including phenoxy) is 1. The van der Waals surface area contributed by atoms with Crippen molar-refractivity contribution in [2.24, 2.45) is 0 Å². The lowest BCUT2D eigenvalue weighted by atomic mass is 10.1. The highest BCUT2D eigenvalue weighted by Crippen LogP contribution is 2.29. The van der Waals surface area contributed by atoms with Gasteiger partial charge in [-0.15, -0.1) is 0 Å². The normalized spacial score (nSPS) is 11.4. The number of alkyl halides is 3. The summed E-state index contributed by atoms with van der Waals surface area (Å²) in [6.45, 7) is 0.186. The van der Waals surface area contributed by atoms with E-state index < -0.39 is 11.7 Å². The summed E-state index contributed by atoms with van der Waals surface area (Å²) in [6.07, 6.45) is -2.71. The molecule has 0 N–H and O–H groups in total. The van der Waals surface area contributed by atoms with E-state index in [-0.39, 0.29) is 6.61 Å². The van der Waals surface area contributed by atoms with Crippen molar-refractivity contribution in [1.29, 1.82) is 0 Å². The zero-order valence-corrected chi connectivity index (χ0v) is 11.8. The number of hydrogen-bond acceptors (Lipinski definition) is 2. The molecular formula is C13H9F3INO. The average Bonchev–Trinajstić information content (AvgIpc) is 2.37. The second kappa shape index (κ2) is 5.77. The minimum absolute atomic E-state index is 0.186. The third-order valence-electron chi connectivity index (χ3n) is 2.38. The molecule has 0 aliphatic carbocycles. The number of nitrogens with zero attached hydrogens (tertiary/aromatic N) is 1. The molecule has 0 saturated carbocycles. The molecule has 0 fully saturated rings. The minimum atomic E-state index is -4.31. The van der Waals surface area contributed by atoms with Crippen LogP contribution in [0.5, 0.6) is 5.88 Å². The predicted octanol–water partition coefficient (Wildman–Crippen LogP) is 4.28. The number of benzene rings is 1. The van der Waals surface area contributed by atoms with Crippen LogP contribution in [0.4, 0.5) is 13.2 Å². The second-order valence-corrected chi connectivity index (χ2v) is 4.94. The van der Waals surface area contributed by atoms with Crippen LogP contribution in [0.3, 0.4) is 0 Å². The van der Waals surface area contributed by atoms with Crippen molar-refractivity contribution >= 4 is 22.6 Å². The van der Waals surface area contributed by atoms with E-state index >= 15 is 0 Å². The maximum atomic E-state index is 12.4. The van der Waals surface area contributed by atoms with Gasteiger partial charge in [-0.1, -0.05) is 12.1 Å². The summed E-state index contributed by atoms with van der Waals surface area (Å²) < 4.78 is 43.4. The Morgan fingerprint density at radius 2 is 1.79 bits per heavy atom. The predicted molar refractivity (Wildman–Crippen MR) is 72.7 cm³/mol. The van der Waals surface area contributed by atoms with E-state index in [0.717, 1.165) is 15.7 Å². The van der Waals surface area contributed by atoms with Crippen LogP contribution >= 0.6 is 22.6 Å². The Kier molecular flexibility index (Phi) is 4.28. The highest BCUT2D eigenvalue weighted by atomic mass is 127. The van der Waals surface area contributed by atoms with Crippen LogP contribution in [0.1, 0.15) is 11.1 Å². The lowest BCUT2D eigenvalue weighted by molar-refractivity contribution is -0.137. The quantitative estimate of drug-likeness (QED) is 0.743. The molecule has 2 nitrogen and oxygen atoms in total. The van der Waals surface area contributed by atoms with Crippen molar-refractivity contribution < 1.29 is 17.9 Å². The zero-order valence-electron chi connectivity index (χ0n) is 9.62. The van der Waals surface area contributed by atoms with E-state index in [0.29, 0.717) is 11.4 Å². The van der Waals surface area contributed by atoms with Gasteiger partial charge in [0.25, 0.3) is 0 Å². The molecular weight excluding hydrogens is 370 g/mol. The molecule has 0 bridgehead atoms. The molecule has 0 radical (unpaired) electrons. The van der Waals surface area contributed by atoms with Crippen LogP contribution in [0, 0.1) is 3.57 Å². The minimum Gasteiger partial charge on any atom is -0.472 e. The Bertz CT molecular complexity index is 555. The van der Waals surface area contributed by atoms with Gasteiger partial charge >= 0.3 is 6.18 Å². The summed E-state index contributed by atoms with van der Waals surface area (Å²) in [5.74, 6) is 0.475. The van der Waals surface area contributed by atoms with E-state index in [2.05, 4.69) is 27.6 Å². The lowest BCUT2D eigenvalue weighted by Gasteiger charge is -2.09. The third-order valence-corrected chi connectivity index (χ3v) is 3.20. The monoisotopic (exact) mass is 379 g/mol. The molecule has 100 valence electrons. The van der Waals surface area contributed by atoms with Gasteiger partial charge in [-0.2, -0.15) is 13.2 Å². The summed E-state index contributed by atoms with van der Waals surface area (Å²) in [5, 5.41) is 0. The largest absolute Gasteiger partial charge is 0.472 e. The molecule has 19 heavy (non-hydrogen) atoms. The lowest BCUT2D eigenvalue weighted by Crippen LogP contribution is -2.05. The van der Waals surface area contributed by atoms with Gasteiger partial charge in [0.1, 0.15) is 6.61 Å². The van der Waals surface area contributed by atoms with Crippen LogP contribution < -0.4 is 4.74 Å². The van der Waals surface area contributed by atoms with Gasteiger partial charge in [-0.05, 0) is 52.4 Å². The summed E-state index contributed by atoms with van der Waals surface area (Å²) >= 11 is 2.08. The summed E-state index contributed by atoms with van der Waals surface area (Å²) in [6, 6.07) is 8.52. The zero-order chi connectivity index (χ0) is 13.9. The summed E-state index contributed by atoms with van der Waals surface area (Å²) in [4.78, 5) is 4.04. The summed E-state index contributed by atoms with van der Waals surface area (Å²) in [5.41, 5.74) is -0.00174. The van der Waals surface area contributed by atoms with E-state index in [4.69, 9.17) is 4.74 Å². The Hall–Kier alpha value is -1.31. The Labute approximate surface area is 121 Å². The van der Waals surface area contributed by atoms with Crippen LogP contribution in [0.15, 0.2) is 42.6 Å². The molecule has 1 heterocycles. The fraction of sp³-hybridized carbons (Fsp3) is 0.154. The first-order valence-electron chi connectivity index (χ1n) is 5.36. The topological polar surface area (TPSA) is 22.1 Å². The van der Waals surface area contributed by atoms with E-state index in [1.807, 2.05) is 6.07 Å². The van der Waals surface area contributed by atoms with E-state index in [1.54, 1.807) is 12.3 Å². The molecule has 0 unspecified atom stereocenters. The molecule has 1 aromatic heterocycles. The van der Waals surface area contributed by atoms with E-state index in [1.165, 1.54) is 12.1 Å². The maximum Gasteiger partial charge on any atom is 0.416 e. The molecule has 0 atom stereocenters. The molecule has 0 aliphatic heterocycles. The van der Waals surface area contributed by atoms with E-state index in [9.17, 15) is 13.2 Å². The van der Waals surface area contributed by atoms with Crippen LogP contribution in [-0.4, -0.2) is 4.98 Å². The number of pyridine rings is 1. The molecule has 0 spiro atoms. The first kappa shape index (κ1) is 14.1. The van der Waals surface area contributed by atoms with Gasteiger partial charge in [0.2, 0.25) is 5.88 Å². The molecule has 2 aromatic rings. The first-order chi connectivity index (χ1) is 8.97. The number of hydrogen-bond donors (Lipinski definition) is 0. The molecule has 0 saturated heterocycles. The highest BCUT2D eigenvalue weighted by molar-refractivity contribution is 14.1. The van der Waals surface area contributed by atoms with Gasteiger partial charge < -0.3 is 4.74 Å². The van der Waals surface area contributed by atoms with Crippen molar-refractivity contribution in [3.63, 3.8) is 0 Å². The smallest absolute Gasteiger partial charge is 0.416 e. The molecule has 0 amide bonds. The number of halogens is 4. The van der Waals surface area contributed by atoms with Crippen molar-refractivity contribution in [3.05, 3.63) is 57.3 Å². The van der Waals surface area contributed by atoms with Crippen molar-refractivity contribution in [2.75, 3.05) is 0 Å². The van der Waals surface area contributed by atoms with Gasteiger partial charge in [0, 0.05) is 6.20 Å². The summed E-state index contributed by atoms with van der Waals surface area (Å²) in [7, 11) is 0. The van der Waals surface area contributed by atoms with Gasteiger partial charge in [0.15, 0.2) is 0 Å². The average molecular weight is 379 g/mol. The Morgan fingerprint density at radius 3 is 2.37 bits per heavy atom. The molecule has 0 aliphatic rings. The first-order valence-corrected chi connectivity index (χ1v) is 6.44. The standard InChI is InChI=1S/C13H9F3INO/c14-13(15,16)10-5-3-9(4-6-10)8-19-12-11(17)2-1-7-18-12/h1-7H,8H2. The van der Waals surface area contributed by atoms with Gasteiger partial charge in [0.05, 0.1) is 9.13 Å². The highest BCUT2D eigenvalue weighted by Gasteiger charge is 2.29. The van der Waals surface area contributed by atoms with Gasteiger partial charge in [-0.25, -0.2) is 4.98 Å². The maximum absolute atomic E-state index is 12.4. The fourth-order valence-corrected chi connectivity index (χ4v) is 1.92. The van der Waals surface area contributed by atoms with Crippen molar-refractivity contribution in [1.82, 2.24) is 4.98 Å². The molecule has 1 aromatic carbocycles. The van der Waals surface area contributed by atoms with Crippen LogP contribution in [0.25, 0.3) is 0 Å². The van der Waals surface area contributed by atoms with Crippen molar-refractivity contribution in [2.45, 2.75) is 12.8 Å². The second-order valence-electron chi connectivity index (χ2n) is 3.77. The van der Waals surface area contributed by atoms with Crippen molar-refractivity contribution in [3.8, 4) is 5.88 Å². The SMILES string of the molecule is FC(F)(F)c1ccc(COc2ncccc2I)cc1.